The average Bonchev–Trinajstić information content (AvgIpc) is 3.45. The average molecular weight is 491 g/mol. The zero-order valence-corrected chi connectivity index (χ0v) is 21.1. The summed E-state index contributed by atoms with van der Waals surface area (Å²) in [7, 11) is 1.57. The van der Waals surface area contributed by atoms with Gasteiger partial charge in [-0.2, -0.15) is 0 Å². The highest BCUT2D eigenvalue weighted by Crippen LogP contribution is 2.32. The van der Waals surface area contributed by atoms with Gasteiger partial charge in [-0.05, 0) is 63.6 Å². The number of rotatable bonds is 10. The molecule has 4 aromatic rings. The van der Waals surface area contributed by atoms with Crippen LogP contribution in [0.1, 0.15) is 48.2 Å². The molecule has 8 heteroatoms. The molecule has 36 heavy (non-hydrogen) atoms. The summed E-state index contributed by atoms with van der Waals surface area (Å²) >= 11 is 0. The minimum absolute atomic E-state index is 0.245. The summed E-state index contributed by atoms with van der Waals surface area (Å²) in [6, 6.07) is 12.8. The van der Waals surface area contributed by atoms with E-state index in [0.717, 1.165) is 28.0 Å². The van der Waals surface area contributed by atoms with E-state index in [9.17, 15) is 4.79 Å². The second kappa shape index (κ2) is 11.0. The molecule has 0 bridgehead atoms. The zero-order chi connectivity index (χ0) is 25.7. The second-order valence-electron chi connectivity index (χ2n) is 8.32. The van der Waals surface area contributed by atoms with E-state index in [1.165, 1.54) is 6.08 Å². The number of ether oxygens (including phenoxy) is 3. The number of hydrogen-bond donors (Lipinski definition) is 1. The molecule has 0 aliphatic rings. The first-order valence-electron chi connectivity index (χ1n) is 11.8. The van der Waals surface area contributed by atoms with Gasteiger partial charge in [-0.25, -0.2) is 0 Å². The van der Waals surface area contributed by atoms with Crippen LogP contribution in [0.15, 0.2) is 57.5 Å². The van der Waals surface area contributed by atoms with Gasteiger partial charge in [-0.1, -0.05) is 23.4 Å². The normalized spacial score (nSPS) is 12.1. The van der Waals surface area contributed by atoms with Gasteiger partial charge in [0.2, 0.25) is 5.91 Å². The first kappa shape index (κ1) is 24.9. The molecule has 0 fully saturated rings. The predicted octanol–water partition coefficient (Wildman–Crippen LogP) is 5.91. The number of carbonyl (C=O) groups is 1. The van der Waals surface area contributed by atoms with Crippen LogP contribution >= 0.6 is 0 Å². The molecule has 0 aliphatic heterocycles. The van der Waals surface area contributed by atoms with Crippen LogP contribution in [0.5, 0.6) is 17.2 Å². The van der Waals surface area contributed by atoms with Crippen LogP contribution in [0, 0.1) is 13.8 Å². The fourth-order valence-corrected chi connectivity index (χ4v) is 3.81. The van der Waals surface area contributed by atoms with Crippen LogP contribution in [-0.2, 0) is 11.4 Å². The van der Waals surface area contributed by atoms with Crippen molar-refractivity contribution in [3.05, 3.63) is 76.9 Å². The van der Waals surface area contributed by atoms with Gasteiger partial charge in [0.25, 0.3) is 0 Å². The number of nitrogens with one attached hydrogen (secondary N) is 1. The van der Waals surface area contributed by atoms with Crippen LogP contribution in [-0.4, -0.2) is 24.8 Å². The van der Waals surface area contributed by atoms with E-state index < -0.39 is 0 Å². The summed E-state index contributed by atoms with van der Waals surface area (Å²) < 4.78 is 28.2. The van der Waals surface area contributed by atoms with Gasteiger partial charge >= 0.3 is 0 Å². The highest BCUT2D eigenvalue weighted by molar-refractivity contribution is 5.92. The third-order valence-electron chi connectivity index (χ3n) is 5.78. The third kappa shape index (κ3) is 5.54. The van der Waals surface area contributed by atoms with Crippen molar-refractivity contribution in [3.63, 3.8) is 0 Å². The van der Waals surface area contributed by atoms with Crippen molar-refractivity contribution in [2.45, 2.75) is 40.3 Å². The molecule has 0 saturated carbocycles. The van der Waals surface area contributed by atoms with Crippen molar-refractivity contribution in [2.75, 3.05) is 13.7 Å². The smallest absolute Gasteiger partial charge is 0.244 e. The minimum atomic E-state index is -0.321. The second-order valence-corrected chi connectivity index (χ2v) is 8.32. The maximum atomic E-state index is 12.6. The Morgan fingerprint density at radius 1 is 1.11 bits per heavy atom. The number of para-hydroxylation sites is 1. The third-order valence-corrected chi connectivity index (χ3v) is 5.78. The number of furan rings is 1. The summed E-state index contributed by atoms with van der Waals surface area (Å²) in [5.74, 6) is 2.97. The standard InChI is InChI=1S/C28H30N2O6/c1-6-33-24-9-7-8-21-15-25(35-28(21)24)18(3)29-27(31)13-11-20-10-12-23(26(14-20)32-5)34-16-22-17(2)30-36-19(22)4/h7-15,18H,6,16H2,1-5H3,(H,29,31)/b13-11+. The number of carbonyl (C=O) groups excluding carboxylic acids is 1. The van der Waals surface area contributed by atoms with Crippen molar-refractivity contribution in [2.24, 2.45) is 0 Å². The molecule has 188 valence electrons. The molecule has 2 aromatic carbocycles. The first-order valence-corrected chi connectivity index (χ1v) is 11.8. The van der Waals surface area contributed by atoms with Gasteiger partial charge in [0.05, 0.1) is 31.0 Å². The molecular formula is C28H30N2O6. The maximum Gasteiger partial charge on any atom is 0.244 e. The Morgan fingerprint density at radius 3 is 2.67 bits per heavy atom. The van der Waals surface area contributed by atoms with Crippen LogP contribution in [0.3, 0.4) is 0 Å². The van der Waals surface area contributed by atoms with E-state index in [1.807, 2.05) is 70.2 Å². The molecule has 0 radical (unpaired) electrons. The Balaban J connectivity index is 1.40. The van der Waals surface area contributed by atoms with Gasteiger partial charge in [0, 0.05) is 11.5 Å². The molecule has 0 spiro atoms. The van der Waals surface area contributed by atoms with Crippen molar-refractivity contribution < 1.29 is 27.9 Å². The first-order chi connectivity index (χ1) is 17.4. The summed E-state index contributed by atoms with van der Waals surface area (Å²) in [6.07, 6.45) is 3.19. The molecule has 0 aliphatic carbocycles. The van der Waals surface area contributed by atoms with Crippen molar-refractivity contribution in [1.82, 2.24) is 10.5 Å². The van der Waals surface area contributed by atoms with Crippen LogP contribution in [0.25, 0.3) is 17.0 Å². The zero-order valence-electron chi connectivity index (χ0n) is 21.1. The largest absolute Gasteiger partial charge is 0.493 e. The highest BCUT2D eigenvalue weighted by atomic mass is 16.5. The number of nitrogens with zero attached hydrogens (tertiary/aromatic N) is 1. The Kier molecular flexibility index (Phi) is 7.63. The Labute approximate surface area is 209 Å². The molecule has 4 rings (SSSR count). The fraction of sp³-hybridized carbons (Fsp3) is 0.286. The lowest BCUT2D eigenvalue weighted by molar-refractivity contribution is -0.117. The number of fused-ring (bicyclic) bond motifs is 1. The monoisotopic (exact) mass is 490 g/mol. The van der Waals surface area contributed by atoms with E-state index in [4.69, 9.17) is 23.2 Å². The SMILES string of the molecule is CCOc1cccc2cc(C(C)NC(=O)/C=C/c3ccc(OCc4c(C)noc4C)c(OC)c3)oc12. The van der Waals surface area contributed by atoms with Gasteiger partial charge in [-0.15, -0.1) is 0 Å². The van der Waals surface area contributed by atoms with E-state index in [2.05, 4.69) is 10.5 Å². The molecular weight excluding hydrogens is 460 g/mol. The van der Waals surface area contributed by atoms with Crippen LogP contribution in [0.2, 0.25) is 0 Å². The number of methoxy groups -OCH3 is 1. The molecule has 0 saturated heterocycles. The van der Waals surface area contributed by atoms with E-state index in [1.54, 1.807) is 13.2 Å². The van der Waals surface area contributed by atoms with E-state index >= 15 is 0 Å². The quantitative estimate of drug-likeness (QED) is 0.276. The summed E-state index contributed by atoms with van der Waals surface area (Å²) in [5.41, 5.74) is 3.17. The summed E-state index contributed by atoms with van der Waals surface area (Å²) in [4.78, 5) is 12.6. The number of aromatic nitrogens is 1. The maximum absolute atomic E-state index is 12.6. The molecule has 1 amide bonds. The molecule has 8 nitrogen and oxygen atoms in total. The predicted molar refractivity (Wildman–Crippen MR) is 136 cm³/mol. The Morgan fingerprint density at radius 2 is 1.94 bits per heavy atom. The highest BCUT2D eigenvalue weighted by Gasteiger charge is 2.16. The van der Waals surface area contributed by atoms with Gasteiger partial charge in [0.1, 0.15) is 18.1 Å². The minimum Gasteiger partial charge on any atom is -0.493 e. The molecule has 1 atom stereocenters. The van der Waals surface area contributed by atoms with Gasteiger partial charge in [-0.3, -0.25) is 4.79 Å². The number of aryl methyl sites for hydroxylation is 2. The molecule has 2 aromatic heterocycles. The van der Waals surface area contributed by atoms with Gasteiger partial charge < -0.3 is 28.5 Å². The molecule has 1 N–H and O–H groups in total. The Bertz CT molecular complexity index is 1360. The molecule has 2 heterocycles. The topological polar surface area (TPSA) is 96.0 Å². The van der Waals surface area contributed by atoms with E-state index in [-0.39, 0.29) is 11.9 Å². The van der Waals surface area contributed by atoms with Crippen LogP contribution < -0.4 is 19.5 Å². The number of hydrogen-bond acceptors (Lipinski definition) is 7. The van der Waals surface area contributed by atoms with Crippen molar-refractivity contribution in [1.29, 1.82) is 0 Å². The van der Waals surface area contributed by atoms with Crippen molar-refractivity contribution >= 4 is 23.0 Å². The Hall–Kier alpha value is -4.20. The number of benzene rings is 2. The summed E-state index contributed by atoms with van der Waals surface area (Å²) in [6.45, 7) is 8.39. The number of amides is 1. The van der Waals surface area contributed by atoms with Crippen molar-refractivity contribution in [3.8, 4) is 17.2 Å². The van der Waals surface area contributed by atoms with Gasteiger partial charge in [0.15, 0.2) is 22.8 Å². The lowest BCUT2D eigenvalue weighted by Gasteiger charge is -2.11. The molecule has 1 unspecified atom stereocenters. The van der Waals surface area contributed by atoms with E-state index in [0.29, 0.717) is 41.8 Å². The van der Waals surface area contributed by atoms with Crippen LogP contribution in [0.4, 0.5) is 0 Å². The summed E-state index contributed by atoms with van der Waals surface area (Å²) in [5, 5.41) is 7.80. The fourth-order valence-electron chi connectivity index (χ4n) is 3.81. The lowest BCUT2D eigenvalue weighted by atomic mass is 10.1. The lowest BCUT2D eigenvalue weighted by Crippen LogP contribution is -2.24.